The Morgan fingerprint density at radius 3 is 2.38 bits per heavy atom. The highest BCUT2D eigenvalue weighted by molar-refractivity contribution is 5.89. The van der Waals surface area contributed by atoms with E-state index in [0.717, 1.165) is 12.8 Å². The molecule has 2 heterocycles. The number of nitrogens with zero attached hydrogens (tertiary/aromatic N) is 2. The van der Waals surface area contributed by atoms with E-state index in [2.05, 4.69) is 10.6 Å². The van der Waals surface area contributed by atoms with Gasteiger partial charge in [-0.3, -0.25) is 4.79 Å². The van der Waals surface area contributed by atoms with Crippen LogP contribution in [0.4, 0.5) is 15.3 Å². The zero-order valence-corrected chi connectivity index (χ0v) is 18.0. The third-order valence-electron chi connectivity index (χ3n) is 5.35. The molecule has 1 aliphatic carbocycles. The van der Waals surface area contributed by atoms with Crippen molar-refractivity contribution in [1.82, 2.24) is 14.8 Å². The molecule has 1 saturated carbocycles. The second kappa shape index (κ2) is 7.72. The fourth-order valence-electron chi connectivity index (χ4n) is 3.51. The quantitative estimate of drug-likeness (QED) is 0.807. The third kappa shape index (κ3) is 5.52. The van der Waals surface area contributed by atoms with Crippen molar-refractivity contribution in [3.05, 3.63) is 28.2 Å². The molecule has 8 nitrogen and oxygen atoms in total. The number of hydrogen-bond acceptors (Lipinski definition) is 4. The lowest BCUT2D eigenvalue weighted by atomic mass is 9.90. The normalized spacial score (nSPS) is 18.9. The van der Waals surface area contributed by atoms with Gasteiger partial charge in [0.15, 0.2) is 0 Å². The number of ether oxygens (including phenoxy) is 1. The first-order chi connectivity index (χ1) is 13.5. The lowest BCUT2D eigenvalue weighted by molar-refractivity contribution is 0.0165. The predicted octanol–water partition coefficient (Wildman–Crippen LogP) is 3.40. The van der Waals surface area contributed by atoms with Gasteiger partial charge in [-0.15, -0.1) is 0 Å². The van der Waals surface area contributed by atoms with Crippen LogP contribution in [-0.4, -0.2) is 45.8 Å². The number of anilines is 1. The standard InChI is InChI=1S/C21H32N4O4/c1-14-12-15(13-25(17(14)26)16-6-7-16)22-18(27)23-21(5)8-10-24(11-9-21)19(28)29-20(2,3)4/h12-13,16H,6-11H2,1-5H3,(H2,22,23,27). The van der Waals surface area contributed by atoms with Crippen LogP contribution in [-0.2, 0) is 4.74 Å². The molecule has 0 bridgehead atoms. The molecule has 0 radical (unpaired) electrons. The Kier molecular flexibility index (Phi) is 5.65. The molecule has 2 aliphatic rings. The number of rotatable bonds is 3. The van der Waals surface area contributed by atoms with E-state index in [4.69, 9.17) is 4.74 Å². The van der Waals surface area contributed by atoms with E-state index in [9.17, 15) is 14.4 Å². The molecule has 3 rings (SSSR count). The van der Waals surface area contributed by atoms with Crippen molar-refractivity contribution in [3.8, 4) is 0 Å². The molecule has 29 heavy (non-hydrogen) atoms. The first-order valence-corrected chi connectivity index (χ1v) is 10.3. The highest BCUT2D eigenvalue weighted by Crippen LogP contribution is 2.34. The van der Waals surface area contributed by atoms with Crippen molar-refractivity contribution in [1.29, 1.82) is 0 Å². The van der Waals surface area contributed by atoms with E-state index < -0.39 is 11.1 Å². The molecule has 2 N–H and O–H groups in total. The molecule has 0 unspecified atom stereocenters. The zero-order valence-electron chi connectivity index (χ0n) is 18.0. The largest absolute Gasteiger partial charge is 0.444 e. The average Bonchev–Trinajstić information content (AvgIpc) is 3.41. The molecule has 2 fully saturated rings. The van der Waals surface area contributed by atoms with Crippen molar-refractivity contribution in [3.63, 3.8) is 0 Å². The number of nitrogens with one attached hydrogen (secondary N) is 2. The topological polar surface area (TPSA) is 92.7 Å². The fourth-order valence-corrected chi connectivity index (χ4v) is 3.51. The molecular formula is C21H32N4O4. The maximum atomic E-state index is 12.6. The van der Waals surface area contributed by atoms with Gasteiger partial charge in [0.1, 0.15) is 5.60 Å². The van der Waals surface area contributed by atoms with Gasteiger partial charge < -0.3 is 24.8 Å². The molecule has 3 amide bonds. The van der Waals surface area contributed by atoms with Crippen LogP contribution in [0.1, 0.15) is 65.0 Å². The van der Waals surface area contributed by atoms with Gasteiger partial charge in [-0.1, -0.05) is 0 Å². The van der Waals surface area contributed by atoms with Gasteiger partial charge in [0.25, 0.3) is 5.56 Å². The highest BCUT2D eigenvalue weighted by Gasteiger charge is 2.35. The summed E-state index contributed by atoms with van der Waals surface area (Å²) in [5, 5.41) is 5.89. The Labute approximate surface area is 171 Å². The number of urea groups is 1. The number of hydrogen-bond donors (Lipinski definition) is 2. The Morgan fingerprint density at radius 1 is 1.21 bits per heavy atom. The van der Waals surface area contributed by atoms with Gasteiger partial charge in [0.05, 0.1) is 5.69 Å². The smallest absolute Gasteiger partial charge is 0.410 e. The summed E-state index contributed by atoms with van der Waals surface area (Å²) in [7, 11) is 0. The van der Waals surface area contributed by atoms with Crippen LogP contribution in [0.15, 0.2) is 17.1 Å². The SMILES string of the molecule is Cc1cc(NC(=O)NC2(C)CCN(C(=O)OC(C)(C)C)CC2)cn(C2CC2)c1=O. The summed E-state index contributed by atoms with van der Waals surface area (Å²) >= 11 is 0. The lowest BCUT2D eigenvalue weighted by Gasteiger charge is -2.40. The minimum Gasteiger partial charge on any atom is -0.444 e. The van der Waals surface area contributed by atoms with Crippen molar-refractivity contribution >= 4 is 17.8 Å². The summed E-state index contributed by atoms with van der Waals surface area (Å²) in [6.07, 6.45) is 4.69. The number of aromatic nitrogens is 1. The number of aryl methyl sites for hydroxylation is 1. The summed E-state index contributed by atoms with van der Waals surface area (Å²) in [6, 6.07) is 1.65. The molecule has 1 saturated heterocycles. The van der Waals surface area contributed by atoms with E-state index in [0.29, 0.717) is 37.2 Å². The van der Waals surface area contributed by atoms with Gasteiger partial charge in [-0.2, -0.15) is 0 Å². The van der Waals surface area contributed by atoms with Crippen molar-refractivity contribution in [2.45, 2.75) is 77.5 Å². The monoisotopic (exact) mass is 404 g/mol. The molecule has 0 aromatic carbocycles. The Balaban J connectivity index is 1.56. The van der Waals surface area contributed by atoms with Gasteiger partial charge >= 0.3 is 12.1 Å². The number of carbonyl (C=O) groups excluding carboxylic acids is 2. The number of piperidine rings is 1. The second-order valence-corrected chi connectivity index (χ2v) is 9.46. The van der Waals surface area contributed by atoms with Crippen LogP contribution >= 0.6 is 0 Å². The molecule has 8 heteroatoms. The molecule has 160 valence electrons. The second-order valence-electron chi connectivity index (χ2n) is 9.46. The van der Waals surface area contributed by atoms with Crippen molar-refractivity contribution < 1.29 is 14.3 Å². The summed E-state index contributed by atoms with van der Waals surface area (Å²) in [5.74, 6) is 0. The summed E-state index contributed by atoms with van der Waals surface area (Å²) < 4.78 is 7.14. The Bertz CT molecular complexity index is 843. The maximum absolute atomic E-state index is 12.6. The van der Waals surface area contributed by atoms with E-state index >= 15 is 0 Å². The molecule has 1 aliphatic heterocycles. The van der Waals surface area contributed by atoms with Gasteiger partial charge in [0, 0.05) is 36.4 Å². The van der Waals surface area contributed by atoms with Crippen LogP contribution in [0.25, 0.3) is 0 Å². The van der Waals surface area contributed by atoms with Crippen LogP contribution in [0.3, 0.4) is 0 Å². The molecule has 0 atom stereocenters. The molecular weight excluding hydrogens is 372 g/mol. The van der Waals surface area contributed by atoms with Gasteiger partial charge in [-0.25, -0.2) is 9.59 Å². The minimum absolute atomic E-state index is 0.0000604. The summed E-state index contributed by atoms with van der Waals surface area (Å²) in [4.78, 5) is 38.7. The number of pyridine rings is 1. The molecule has 1 aromatic heterocycles. The van der Waals surface area contributed by atoms with Crippen molar-refractivity contribution in [2.75, 3.05) is 18.4 Å². The minimum atomic E-state index is -0.523. The average molecular weight is 405 g/mol. The van der Waals surface area contributed by atoms with E-state index in [1.165, 1.54) is 0 Å². The zero-order chi connectivity index (χ0) is 21.4. The number of likely N-dealkylation sites (tertiary alicyclic amines) is 1. The highest BCUT2D eigenvalue weighted by atomic mass is 16.6. The Morgan fingerprint density at radius 2 is 1.83 bits per heavy atom. The predicted molar refractivity (Wildman–Crippen MR) is 111 cm³/mol. The molecule has 1 aromatic rings. The first-order valence-electron chi connectivity index (χ1n) is 10.3. The van der Waals surface area contributed by atoms with Crippen LogP contribution < -0.4 is 16.2 Å². The van der Waals surface area contributed by atoms with E-state index in [-0.39, 0.29) is 23.7 Å². The molecule has 0 spiro atoms. The van der Waals surface area contributed by atoms with Crippen LogP contribution in [0, 0.1) is 6.92 Å². The van der Waals surface area contributed by atoms with Crippen molar-refractivity contribution in [2.24, 2.45) is 0 Å². The van der Waals surface area contributed by atoms with Crippen LogP contribution in [0.2, 0.25) is 0 Å². The Hall–Kier alpha value is -2.51. The third-order valence-corrected chi connectivity index (χ3v) is 5.35. The lowest BCUT2D eigenvalue weighted by Crippen LogP contribution is -2.55. The number of carbonyl (C=O) groups is 2. The van der Waals surface area contributed by atoms with Gasteiger partial charge in [-0.05, 0) is 66.4 Å². The fraction of sp³-hybridized carbons (Fsp3) is 0.667. The maximum Gasteiger partial charge on any atom is 0.410 e. The summed E-state index contributed by atoms with van der Waals surface area (Å²) in [5.41, 5.74) is 0.293. The van der Waals surface area contributed by atoms with E-state index in [1.807, 2.05) is 27.7 Å². The summed E-state index contributed by atoms with van der Waals surface area (Å²) in [6.45, 7) is 10.3. The first kappa shape index (κ1) is 21.2. The van der Waals surface area contributed by atoms with Crippen LogP contribution in [0.5, 0.6) is 0 Å². The van der Waals surface area contributed by atoms with E-state index in [1.54, 1.807) is 28.7 Å². The number of amides is 3. The van der Waals surface area contributed by atoms with Gasteiger partial charge in [0.2, 0.25) is 0 Å².